The molecular weight excluding hydrogens is 392 g/mol. The summed E-state index contributed by atoms with van der Waals surface area (Å²) in [6.45, 7) is 8.36. The maximum atomic E-state index is 11.2. The minimum atomic E-state index is -0.399. The molecule has 0 N–H and O–H groups in total. The summed E-state index contributed by atoms with van der Waals surface area (Å²) in [5.74, 6) is 1.11. The molecule has 4 rings (SSSR count). The number of aryl methyl sites for hydroxylation is 2. The van der Waals surface area contributed by atoms with Gasteiger partial charge in [-0.3, -0.25) is 20.1 Å². The topological polar surface area (TPSA) is 99.6 Å². The zero-order valence-electron chi connectivity index (χ0n) is 17.8. The first-order valence-corrected chi connectivity index (χ1v) is 9.88. The molecule has 0 aliphatic carbocycles. The molecule has 0 fully saturated rings. The van der Waals surface area contributed by atoms with Gasteiger partial charge in [0.1, 0.15) is 11.4 Å². The number of benzene rings is 1. The van der Waals surface area contributed by atoms with E-state index in [9.17, 15) is 10.1 Å². The van der Waals surface area contributed by atoms with E-state index in [0.717, 1.165) is 33.5 Å². The molecule has 0 spiro atoms. The second-order valence-electron chi connectivity index (χ2n) is 7.55. The Hall–Kier alpha value is -3.94. The van der Waals surface area contributed by atoms with E-state index in [1.54, 1.807) is 29.2 Å². The van der Waals surface area contributed by atoms with Crippen molar-refractivity contribution in [3.63, 3.8) is 0 Å². The Bertz CT molecular complexity index is 1300. The van der Waals surface area contributed by atoms with Crippen LogP contribution in [-0.2, 0) is 6.54 Å². The zero-order chi connectivity index (χ0) is 22.1. The van der Waals surface area contributed by atoms with Crippen LogP contribution >= 0.6 is 0 Å². The van der Waals surface area contributed by atoms with Gasteiger partial charge in [0, 0.05) is 24.5 Å². The predicted molar refractivity (Wildman–Crippen MR) is 118 cm³/mol. The van der Waals surface area contributed by atoms with E-state index in [4.69, 9.17) is 10.1 Å². The third-order valence-corrected chi connectivity index (χ3v) is 5.50. The van der Waals surface area contributed by atoms with Crippen LogP contribution in [0.1, 0.15) is 27.8 Å². The lowest BCUT2D eigenvalue weighted by Gasteiger charge is -2.09. The van der Waals surface area contributed by atoms with Crippen molar-refractivity contribution in [1.29, 1.82) is 0 Å². The maximum Gasteiger partial charge on any atom is 0.269 e. The summed E-state index contributed by atoms with van der Waals surface area (Å²) in [7, 11) is 0. The molecule has 0 saturated heterocycles. The summed E-state index contributed by atoms with van der Waals surface area (Å²) >= 11 is 0. The number of rotatable bonds is 5. The van der Waals surface area contributed by atoms with Crippen LogP contribution in [0.5, 0.6) is 0 Å². The van der Waals surface area contributed by atoms with E-state index in [1.165, 1.54) is 6.07 Å². The van der Waals surface area contributed by atoms with Gasteiger partial charge >= 0.3 is 0 Å². The lowest BCUT2D eigenvalue weighted by molar-refractivity contribution is -0.384. The van der Waals surface area contributed by atoms with Crippen molar-refractivity contribution < 1.29 is 4.92 Å². The molecular formula is C23H22N6O2. The minimum Gasteiger partial charge on any atom is -0.258 e. The summed E-state index contributed by atoms with van der Waals surface area (Å²) in [6, 6.07) is 10.4. The smallest absolute Gasteiger partial charge is 0.258 e. The Morgan fingerprint density at radius 3 is 2.26 bits per heavy atom. The molecule has 0 atom stereocenters. The summed E-state index contributed by atoms with van der Waals surface area (Å²) in [4.78, 5) is 24.6. The Kier molecular flexibility index (Phi) is 5.29. The fraction of sp³-hybridized carbons (Fsp3) is 0.217. The number of nitro benzene ring substituents is 1. The third-order valence-electron chi connectivity index (χ3n) is 5.50. The Morgan fingerprint density at radius 2 is 1.58 bits per heavy atom. The van der Waals surface area contributed by atoms with E-state index in [-0.39, 0.29) is 5.69 Å². The number of aromatic nitrogens is 5. The van der Waals surface area contributed by atoms with Gasteiger partial charge in [-0.25, -0.2) is 9.67 Å². The van der Waals surface area contributed by atoms with Crippen molar-refractivity contribution in [3.8, 4) is 23.0 Å². The molecule has 31 heavy (non-hydrogen) atoms. The first-order valence-electron chi connectivity index (χ1n) is 9.88. The third kappa shape index (κ3) is 3.92. The summed E-state index contributed by atoms with van der Waals surface area (Å²) in [5.41, 5.74) is 6.46. The fourth-order valence-electron chi connectivity index (χ4n) is 3.38. The van der Waals surface area contributed by atoms with Crippen LogP contribution in [0.2, 0.25) is 0 Å². The zero-order valence-corrected chi connectivity index (χ0v) is 17.8. The summed E-state index contributed by atoms with van der Waals surface area (Å²) in [5, 5.41) is 15.9. The highest BCUT2D eigenvalue weighted by atomic mass is 16.6. The molecule has 8 nitrogen and oxygen atoms in total. The highest BCUT2D eigenvalue weighted by molar-refractivity contribution is 5.63. The highest BCUT2D eigenvalue weighted by Gasteiger charge is 2.20. The fourth-order valence-corrected chi connectivity index (χ4v) is 3.38. The number of hydrogen-bond donors (Lipinski definition) is 0. The molecule has 3 aromatic heterocycles. The minimum absolute atomic E-state index is 0.0421. The van der Waals surface area contributed by atoms with Crippen LogP contribution in [0.15, 0.2) is 48.8 Å². The largest absolute Gasteiger partial charge is 0.269 e. The Labute approximate surface area is 179 Å². The number of pyridine rings is 2. The van der Waals surface area contributed by atoms with Crippen LogP contribution in [0.4, 0.5) is 5.69 Å². The van der Waals surface area contributed by atoms with Crippen molar-refractivity contribution in [2.75, 3.05) is 0 Å². The van der Waals surface area contributed by atoms with Gasteiger partial charge in [0.2, 0.25) is 5.82 Å². The molecule has 0 saturated carbocycles. The summed E-state index contributed by atoms with van der Waals surface area (Å²) in [6.07, 6.45) is 3.49. The first-order chi connectivity index (χ1) is 14.8. The molecule has 0 amide bonds. The molecule has 0 aliphatic heterocycles. The van der Waals surface area contributed by atoms with E-state index in [1.807, 2.05) is 45.9 Å². The normalized spacial score (nSPS) is 11.0. The van der Waals surface area contributed by atoms with Gasteiger partial charge in [-0.1, -0.05) is 12.1 Å². The number of hydrogen-bond acceptors (Lipinski definition) is 6. The van der Waals surface area contributed by atoms with Gasteiger partial charge in [-0.2, -0.15) is 0 Å². The Balaban J connectivity index is 1.87. The average molecular weight is 414 g/mol. The average Bonchev–Trinajstić information content (AvgIpc) is 3.15. The van der Waals surface area contributed by atoms with Gasteiger partial charge in [0.15, 0.2) is 5.82 Å². The summed E-state index contributed by atoms with van der Waals surface area (Å²) < 4.78 is 1.74. The van der Waals surface area contributed by atoms with Gasteiger partial charge in [-0.15, -0.1) is 5.10 Å². The lowest BCUT2D eigenvalue weighted by atomic mass is 10.1. The van der Waals surface area contributed by atoms with Crippen LogP contribution in [-0.4, -0.2) is 29.7 Å². The molecule has 0 radical (unpaired) electrons. The molecule has 3 heterocycles. The molecule has 156 valence electrons. The van der Waals surface area contributed by atoms with Crippen molar-refractivity contribution in [2.45, 2.75) is 34.2 Å². The second-order valence-corrected chi connectivity index (χ2v) is 7.55. The van der Waals surface area contributed by atoms with Crippen LogP contribution in [0.25, 0.3) is 23.0 Å². The van der Waals surface area contributed by atoms with Crippen LogP contribution in [0, 0.1) is 37.8 Å². The van der Waals surface area contributed by atoms with Crippen LogP contribution in [0.3, 0.4) is 0 Å². The molecule has 0 unspecified atom stereocenters. The molecule has 8 heteroatoms. The van der Waals surface area contributed by atoms with Gasteiger partial charge < -0.3 is 0 Å². The van der Waals surface area contributed by atoms with E-state index < -0.39 is 4.92 Å². The van der Waals surface area contributed by atoms with Gasteiger partial charge in [0.05, 0.1) is 11.5 Å². The number of nitro groups is 1. The molecule has 4 aromatic rings. The Morgan fingerprint density at radius 1 is 0.935 bits per heavy atom. The number of nitrogens with zero attached hydrogens (tertiary/aromatic N) is 6. The van der Waals surface area contributed by atoms with E-state index >= 15 is 0 Å². The second kappa shape index (κ2) is 8.06. The SMILES string of the molecule is Cc1ccnc(-c2nc(-c3nccc(C)c3C)n(Cc3cccc([N+](=O)[O-])c3)n2)c1C. The van der Waals surface area contributed by atoms with Crippen molar-refractivity contribution in [3.05, 3.63) is 86.7 Å². The molecule has 0 bridgehead atoms. The van der Waals surface area contributed by atoms with Gasteiger partial charge in [-0.05, 0) is 67.6 Å². The highest BCUT2D eigenvalue weighted by Crippen LogP contribution is 2.27. The van der Waals surface area contributed by atoms with Crippen molar-refractivity contribution in [2.24, 2.45) is 0 Å². The maximum absolute atomic E-state index is 11.2. The standard InChI is InChI=1S/C23H22N6O2/c1-14-8-10-24-20(16(14)3)22-26-23(21-17(4)15(2)9-11-25-21)28(27-22)13-18-6-5-7-19(12-18)29(30)31/h5-12H,13H2,1-4H3. The van der Waals surface area contributed by atoms with E-state index in [2.05, 4.69) is 9.97 Å². The van der Waals surface area contributed by atoms with Crippen molar-refractivity contribution in [1.82, 2.24) is 24.7 Å². The monoisotopic (exact) mass is 414 g/mol. The quantitative estimate of drug-likeness (QED) is 0.350. The van der Waals surface area contributed by atoms with Crippen molar-refractivity contribution >= 4 is 5.69 Å². The van der Waals surface area contributed by atoms with Gasteiger partial charge in [0.25, 0.3) is 5.69 Å². The lowest BCUT2D eigenvalue weighted by Crippen LogP contribution is -2.06. The number of non-ortho nitro benzene ring substituents is 1. The predicted octanol–water partition coefficient (Wildman–Crippen LogP) is 4.59. The first kappa shape index (κ1) is 20.3. The van der Waals surface area contributed by atoms with Crippen LogP contribution < -0.4 is 0 Å². The molecule has 0 aliphatic rings. The molecule has 1 aromatic carbocycles. The van der Waals surface area contributed by atoms with E-state index in [0.29, 0.717) is 23.9 Å².